The van der Waals surface area contributed by atoms with Crippen molar-refractivity contribution < 1.29 is 18.8 Å². The van der Waals surface area contributed by atoms with Gasteiger partial charge in [-0.05, 0) is 36.1 Å². The molecule has 2 aromatic rings. The first-order valence-corrected chi connectivity index (χ1v) is 10.5. The zero-order valence-electron chi connectivity index (χ0n) is 16.3. The van der Waals surface area contributed by atoms with E-state index in [0.717, 1.165) is 4.88 Å². The molecule has 1 unspecified atom stereocenters. The predicted molar refractivity (Wildman–Crippen MR) is 112 cm³/mol. The fourth-order valence-corrected chi connectivity index (χ4v) is 3.99. The Morgan fingerprint density at radius 3 is 2.67 bits per heavy atom. The van der Waals surface area contributed by atoms with Crippen molar-refractivity contribution in [1.29, 1.82) is 0 Å². The van der Waals surface area contributed by atoms with Crippen LogP contribution >= 0.6 is 11.3 Å². The van der Waals surface area contributed by atoms with Gasteiger partial charge in [-0.2, -0.15) is 0 Å². The molecule has 0 spiro atoms. The molecular formula is C20H24FN5O3S. The van der Waals surface area contributed by atoms with Crippen LogP contribution in [0.3, 0.4) is 0 Å². The van der Waals surface area contributed by atoms with Gasteiger partial charge in [-0.3, -0.25) is 14.5 Å². The Hall–Kier alpha value is -2.98. The second kappa shape index (κ2) is 10.2. The summed E-state index contributed by atoms with van der Waals surface area (Å²) in [5, 5.41) is 7.15. The van der Waals surface area contributed by atoms with Crippen LogP contribution in [-0.2, 0) is 16.0 Å². The number of nitrogens with one attached hydrogen (secondary N) is 2. The van der Waals surface area contributed by atoms with E-state index in [1.165, 1.54) is 39.3 Å². The summed E-state index contributed by atoms with van der Waals surface area (Å²) in [7, 11) is 0. The molecule has 2 heterocycles. The minimum absolute atomic E-state index is 0.150. The molecule has 160 valence electrons. The molecule has 1 aliphatic heterocycles. The largest absolute Gasteiger partial charge is 0.351 e. The van der Waals surface area contributed by atoms with Crippen LogP contribution in [0.15, 0.2) is 41.8 Å². The Labute approximate surface area is 177 Å². The number of thiophene rings is 1. The van der Waals surface area contributed by atoms with Crippen LogP contribution in [0, 0.1) is 5.82 Å². The van der Waals surface area contributed by atoms with Crippen LogP contribution in [0.25, 0.3) is 0 Å². The Bertz CT molecular complexity index is 892. The van der Waals surface area contributed by atoms with E-state index in [1.54, 1.807) is 6.07 Å². The lowest BCUT2D eigenvalue weighted by molar-refractivity contribution is -0.148. The summed E-state index contributed by atoms with van der Waals surface area (Å²) in [5.41, 5.74) is 5.75. The van der Waals surface area contributed by atoms with Gasteiger partial charge in [-0.1, -0.05) is 12.1 Å². The topological polar surface area (TPSA) is 108 Å². The molecule has 10 heteroatoms. The number of hydrogen-bond acceptors (Lipinski definition) is 5. The highest BCUT2D eigenvalue weighted by atomic mass is 32.1. The molecule has 0 aliphatic carbocycles. The first-order chi connectivity index (χ1) is 14.5. The smallest absolute Gasteiger partial charge is 0.323 e. The molecule has 1 aromatic carbocycles. The number of halogens is 1. The van der Waals surface area contributed by atoms with E-state index < -0.39 is 23.9 Å². The van der Waals surface area contributed by atoms with Crippen LogP contribution in [0.2, 0.25) is 0 Å². The van der Waals surface area contributed by atoms with E-state index in [-0.39, 0.29) is 37.6 Å². The van der Waals surface area contributed by atoms with Crippen LogP contribution in [-0.4, -0.2) is 60.0 Å². The summed E-state index contributed by atoms with van der Waals surface area (Å²) >= 11 is 1.46. The van der Waals surface area contributed by atoms with Crippen molar-refractivity contribution in [3.63, 3.8) is 0 Å². The summed E-state index contributed by atoms with van der Waals surface area (Å²) in [6.07, 6.45) is -0.434. The number of carbonyl (C=O) groups is 3. The van der Waals surface area contributed by atoms with Crippen LogP contribution in [0.4, 0.5) is 14.9 Å². The first kappa shape index (κ1) is 21.7. The van der Waals surface area contributed by atoms with Gasteiger partial charge in [0.15, 0.2) is 6.17 Å². The number of amides is 4. The number of urea groups is 1. The molecule has 1 aliphatic rings. The van der Waals surface area contributed by atoms with Gasteiger partial charge in [0.1, 0.15) is 5.82 Å². The van der Waals surface area contributed by atoms with Gasteiger partial charge in [0.25, 0.3) is 5.91 Å². The van der Waals surface area contributed by atoms with E-state index in [9.17, 15) is 18.8 Å². The highest BCUT2D eigenvalue weighted by Gasteiger charge is 2.40. The minimum atomic E-state index is -1.11. The number of rotatable bonds is 6. The zero-order chi connectivity index (χ0) is 21.5. The molecule has 0 radical (unpaired) electrons. The maximum atomic E-state index is 13.5. The van der Waals surface area contributed by atoms with E-state index in [4.69, 9.17) is 5.73 Å². The quantitative estimate of drug-likeness (QED) is 0.643. The summed E-state index contributed by atoms with van der Waals surface area (Å²) < 4.78 is 13.5. The number of carbonyl (C=O) groups excluding carboxylic acids is 3. The standard InChI is InChI=1S/C20H24FN5O3S/c21-14-4-1-5-15(12-14)24-20(29)26-10-3-9-25(19(26)18(28)23-8-7-22)17(27)13-16-6-2-11-30-16/h1-2,4-6,11-12,19H,3,7-10,13,22H2,(H,23,28)(H,24,29). The minimum Gasteiger partial charge on any atom is -0.351 e. The summed E-state index contributed by atoms with van der Waals surface area (Å²) in [6.45, 7) is 1.10. The summed E-state index contributed by atoms with van der Waals surface area (Å²) in [4.78, 5) is 42.3. The maximum Gasteiger partial charge on any atom is 0.323 e. The fraction of sp³-hybridized carbons (Fsp3) is 0.350. The third kappa shape index (κ3) is 5.33. The van der Waals surface area contributed by atoms with Crippen LogP contribution < -0.4 is 16.4 Å². The lowest BCUT2D eigenvalue weighted by Gasteiger charge is -2.42. The van der Waals surface area contributed by atoms with Crippen molar-refractivity contribution in [2.75, 3.05) is 31.5 Å². The Balaban J connectivity index is 1.81. The molecule has 3 rings (SSSR count). The molecular weight excluding hydrogens is 409 g/mol. The van der Waals surface area contributed by atoms with Gasteiger partial charge < -0.3 is 21.3 Å². The van der Waals surface area contributed by atoms with E-state index in [1.807, 2.05) is 17.5 Å². The average molecular weight is 434 g/mol. The van der Waals surface area contributed by atoms with Crippen molar-refractivity contribution >= 4 is 34.9 Å². The van der Waals surface area contributed by atoms with E-state index in [0.29, 0.717) is 13.0 Å². The lowest BCUT2D eigenvalue weighted by Crippen LogP contribution is -2.64. The first-order valence-electron chi connectivity index (χ1n) is 9.62. The predicted octanol–water partition coefficient (Wildman–Crippen LogP) is 1.60. The molecule has 8 nitrogen and oxygen atoms in total. The molecule has 1 saturated heterocycles. The highest BCUT2D eigenvalue weighted by Crippen LogP contribution is 2.20. The van der Waals surface area contributed by atoms with Gasteiger partial charge in [-0.25, -0.2) is 9.18 Å². The highest BCUT2D eigenvalue weighted by molar-refractivity contribution is 7.10. The zero-order valence-corrected chi connectivity index (χ0v) is 17.2. The van der Waals surface area contributed by atoms with Crippen molar-refractivity contribution in [2.24, 2.45) is 5.73 Å². The molecule has 30 heavy (non-hydrogen) atoms. The van der Waals surface area contributed by atoms with Gasteiger partial charge in [0, 0.05) is 36.7 Å². The average Bonchev–Trinajstić information content (AvgIpc) is 3.24. The third-order valence-corrected chi connectivity index (χ3v) is 5.51. The number of nitrogens with two attached hydrogens (primary N) is 1. The van der Waals surface area contributed by atoms with E-state index >= 15 is 0 Å². The fourth-order valence-electron chi connectivity index (χ4n) is 3.29. The lowest BCUT2D eigenvalue weighted by atomic mass is 10.1. The Morgan fingerprint density at radius 1 is 1.17 bits per heavy atom. The second-order valence-corrected chi connectivity index (χ2v) is 7.82. The van der Waals surface area contributed by atoms with E-state index in [2.05, 4.69) is 10.6 Å². The normalized spacial score (nSPS) is 16.3. The van der Waals surface area contributed by atoms with Crippen molar-refractivity contribution in [3.8, 4) is 0 Å². The molecule has 1 fully saturated rings. The van der Waals surface area contributed by atoms with Gasteiger partial charge in [0.2, 0.25) is 5.91 Å². The van der Waals surface area contributed by atoms with Gasteiger partial charge >= 0.3 is 6.03 Å². The van der Waals surface area contributed by atoms with Gasteiger partial charge in [0.05, 0.1) is 6.42 Å². The van der Waals surface area contributed by atoms with Crippen LogP contribution in [0.5, 0.6) is 0 Å². The Morgan fingerprint density at radius 2 is 1.97 bits per heavy atom. The van der Waals surface area contributed by atoms with Crippen LogP contribution in [0.1, 0.15) is 11.3 Å². The van der Waals surface area contributed by atoms with Crippen molar-refractivity contribution in [1.82, 2.24) is 15.1 Å². The Kier molecular flexibility index (Phi) is 7.36. The SMILES string of the molecule is NCCNC(=O)C1N(C(=O)Cc2cccs2)CCCN1C(=O)Nc1cccc(F)c1. The molecule has 4 N–H and O–H groups in total. The molecule has 0 saturated carbocycles. The molecule has 1 atom stereocenters. The third-order valence-electron chi connectivity index (χ3n) is 4.63. The maximum absolute atomic E-state index is 13.5. The van der Waals surface area contributed by atoms with Gasteiger partial charge in [-0.15, -0.1) is 11.3 Å². The molecule has 4 amide bonds. The molecule has 1 aromatic heterocycles. The monoisotopic (exact) mass is 433 g/mol. The van der Waals surface area contributed by atoms with Crippen molar-refractivity contribution in [2.45, 2.75) is 19.0 Å². The number of hydrogen-bond donors (Lipinski definition) is 3. The number of anilines is 1. The summed E-state index contributed by atoms with van der Waals surface area (Å²) in [6, 6.07) is 8.60. The number of nitrogens with zero attached hydrogens (tertiary/aromatic N) is 2. The summed E-state index contributed by atoms with van der Waals surface area (Å²) in [5.74, 6) is -1.21. The second-order valence-electron chi connectivity index (χ2n) is 6.78. The molecule has 0 bridgehead atoms. The number of benzene rings is 1. The van der Waals surface area contributed by atoms with Crippen molar-refractivity contribution in [3.05, 3.63) is 52.5 Å².